The number of hydrogen-bond acceptors (Lipinski definition) is 5. The Balaban J connectivity index is 2.62. The Labute approximate surface area is 98.7 Å². The van der Waals surface area contributed by atoms with Gasteiger partial charge in [0.05, 0.1) is 18.7 Å². The molecule has 1 N–H and O–H groups in total. The van der Waals surface area contributed by atoms with Crippen LogP contribution in [0.25, 0.3) is 0 Å². The molecule has 0 unspecified atom stereocenters. The van der Waals surface area contributed by atoms with E-state index in [0.717, 1.165) is 18.2 Å². The van der Waals surface area contributed by atoms with Crippen molar-refractivity contribution in [3.8, 4) is 0 Å². The second-order valence-electron chi connectivity index (χ2n) is 3.26. The van der Waals surface area contributed by atoms with Gasteiger partial charge in [0.2, 0.25) is 0 Å². The van der Waals surface area contributed by atoms with E-state index in [-0.39, 0.29) is 6.42 Å². The van der Waals surface area contributed by atoms with Crippen molar-refractivity contribution in [2.75, 3.05) is 31.7 Å². The Kier molecular flexibility index (Phi) is 5.21. The minimum Gasteiger partial charge on any atom is -0.481 e. The van der Waals surface area contributed by atoms with E-state index in [4.69, 9.17) is 9.84 Å². The van der Waals surface area contributed by atoms with Crippen molar-refractivity contribution in [3.63, 3.8) is 0 Å². The summed E-state index contributed by atoms with van der Waals surface area (Å²) in [5, 5.41) is 11.3. The SMILES string of the molecule is CCN(CCOC)c1nc(CC(=O)O)cs1. The maximum Gasteiger partial charge on any atom is 0.309 e. The summed E-state index contributed by atoms with van der Waals surface area (Å²) >= 11 is 1.47. The average molecular weight is 244 g/mol. The van der Waals surface area contributed by atoms with Crippen molar-refractivity contribution in [2.45, 2.75) is 13.3 Å². The number of anilines is 1. The van der Waals surface area contributed by atoms with E-state index in [1.807, 2.05) is 6.92 Å². The van der Waals surface area contributed by atoms with Crippen LogP contribution in [0.4, 0.5) is 5.13 Å². The lowest BCUT2D eigenvalue weighted by Gasteiger charge is -2.18. The van der Waals surface area contributed by atoms with Crippen molar-refractivity contribution in [3.05, 3.63) is 11.1 Å². The van der Waals surface area contributed by atoms with E-state index in [1.54, 1.807) is 12.5 Å². The molecule has 6 heteroatoms. The maximum absolute atomic E-state index is 10.5. The standard InChI is InChI=1S/C10H16N2O3S/c1-3-12(4-5-15-2)10-11-8(7-16-10)6-9(13)14/h7H,3-6H2,1-2H3,(H,13,14). The largest absolute Gasteiger partial charge is 0.481 e. The molecule has 1 heterocycles. The summed E-state index contributed by atoms with van der Waals surface area (Å²) in [7, 11) is 1.66. The molecule has 0 fully saturated rings. The zero-order valence-corrected chi connectivity index (χ0v) is 10.3. The molecule has 16 heavy (non-hydrogen) atoms. The Morgan fingerprint density at radius 1 is 1.69 bits per heavy atom. The molecule has 0 aromatic carbocycles. The van der Waals surface area contributed by atoms with Crippen molar-refractivity contribution >= 4 is 22.4 Å². The van der Waals surface area contributed by atoms with Crippen LogP contribution in [0.3, 0.4) is 0 Å². The number of rotatable bonds is 7. The van der Waals surface area contributed by atoms with Gasteiger partial charge in [0.15, 0.2) is 5.13 Å². The van der Waals surface area contributed by atoms with Gasteiger partial charge in [-0.25, -0.2) is 4.98 Å². The van der Waals surface area contributed by atoms with E-state index in [2.05, 4.69) is 9.88 Å². The van der Waals surface area contributed by atoms with Crippen molar-refractivity contribution in [2.24, 2.45) is 0 Å². The zero-order valence-electron chi connectivity index (χ0n) is 9.47. The van der Waals surface area contributed by atoms with Gasteiger partial charge in [-0.1, -0.05) is 0 Å². The van der Waals surface area contributed by atoms with Crippen LogP contribution in [0.5, 0.6) is 0 Å². The topological polar surface area (TPSA) is 62.7 Å². The van der Waals surface area contributed by atoms with E-state index in [0.29, 0.717) is 12.3 Å². The summed E-state index contributed by atoms with van der Waals surface area (Å²) in [4.78, 5) is 16.9. The first-order chi connectivity index (χ1) is 7.67. The maximum atomic E-state index is 10.5. The van der Waals surface area contributed by atoms with Gasteiger partial charge in [-0.15, -0.1) is 11.3 Å². The molecule has 5 nitrogen and oxygen atoms in total. The molecule has 0 atom stereocenters. The highest BCUT2D eigenvalue weighted by Gasteiger charge is 2.10. The van der Waals surface area contributed by atoms with Gasteiger partial charge in [0.1, 0.15) is 0 Å². The van der Waals surface area contributed by atoms with Gasteiger partial charge in [0.25, 0.3) is 0 Å². The molecule has 0 spiro atoms. The molecule has 0 saturated heterocycles. The van der Waals surface area contributed by atoms with Crippen LogP contribution in [0, 0.1) is 0 Å². The van der Waals surface area contributed by atoms with E-state index in [1.165, 1.54) is 11.3 Å². The Hall–Kier alpha value is -1.14. The highest BCUT2D eigenvalue weighted by molar-refractivity contribution is 7.13. The number of aliphatic carboxylic acids is 1. The quantitative estimate of drug-likeness (QED) is 0.782. The van der Waals surface area contributed by atoms with E-state index < -0.39 is 5.97 Å². The number of likely N-dealkylation sites (N-methyl/N-ethyl adjacent to an activating group) is 1. The number of carboxylic acid groups (broad SMARTS) is 1. The van der Waals surface area contributed by atoms with Crippen molar-refractivity contribution in [1.82, 2.24) is 4.98 Å². The first-order valence-corrected chi connectivity index (χ1v) is 5.95. The van der Waals surface area contributed by atoms with Crippen LogP contribution in [-0.2, 0) is 16.0 Å². The monoisotopic (exact) mass is 244 g/mol. The number of carboxylic acids is 1. The highest BCUT2D eigenvalue weighted by Crippen LogP contribution is 2.20. The molecule has 0 aliphatic rings. The fraction of sp³-hybridized carbons (Fsp3) is 0.600. The van der Waals surface area contributed by atoms with Crippen LogP contribution in [0.15, 0.2) is 5.38 Å². The van der Waals surface area contributed by atoms with E-state index >= 15 is 0 Å². The lowest BCUT2D eigenvalue weighted by molar-refractivity contribution is -0.136. The lowest BCUT2D eigenvalue weighted by Crippen LogP contribution is -2.26. The second kappa shape index (κ2) is 6.44. The Morgan fingerprint density at radius 3 is 3.00 bits per heavy atom. The first-order valence-electron chi connectivity index (χ1n) is 5.07. The molecular weight excluding hydrogens is 228 g/mol. The Morgan fingerprint density at radius 2 is 2.44 bits per heavy atom. The summed E-state index contributed by atoms with van der Waals surface area (Å²) in [6.45, 7) is 4.28. The fourth-order valence-electron chi connectivity index (χ4n) is 1.27. The van der Waals surface area contributed by atoms with E-state index in [9.17, 15) is 4.79 Å². The number of hydrogen-bond donors (Lipinski definition) is 1. The number of ether oxygens (including phenoxy) is 1. The van der Waals surface area contributed by atoms with Gasteiger partial charge >= 0.3 is 5.97 Å². The van der Waals surface area contributed by atoms with Crippen LogP contribution in [0.1, 0.15) is 12.6 Å². The van der Waals surface area contributed by atoms with Crippen molar-refractivity contribution in [1.29, 1.82) is 0 Å². The van der Waals surface area contributed by atoms with Gasteiger partial charge in [-0.05, 0) is 6.92 Å². The molecule has 0 aliphatic heterocycles. The first kappa shape index (κ1) is 12.9. The molecule has 0 amide bonds. The van der Waals surface area contributed by atoms with Gasteiger partial charge in [-0.2, -0.15) is 0 Å². The minimum absolute atomic E-state index is 0.0155. The average Bonchev–Trinajstić information content (AvgIpc) is 2.67. The summed E-state index contributed by atoms with van der Waals surface area (Å²) in [5.41, 5.74) is 0.614. The summed E-state index contributed by atoms with van der Waals surface area (Å²) in [6, 6.07) is 0. The smallest absolute Gasteiger partial charge is 0.309 e. The third-order valence-electron chi connectivity index (χ3n) is 2.09. The highest BCUT2D eigenvalue weighted by atomic mass is 32.1. The number of thiazole rings is 1. The molecule has 0 saturated carbocycles. The number of aromatic nitrogens is 1. The third kappa shape index (κ3) is 3.79. The third-order valence-corrected chi connectivity index (χ3v) is 3.04. The fourth-order valence-corrected chi connectivity index (χ4v) is 2.19. The molecule has 90 valence electrons. The molecular formula is C10H16N2O3S. The number of methoxy groups -OCH3 is 1. The van der Waals surface area contributed by atoms with Gasteiger partial charge < -0.3 is 14.7 Å². The van der Waals surface area contributed by atoms with Crippen LogP contribution >= 0.6 is 11.3 Å². The summed E-state index contributed by atoms with van der Waals surface area (Å²) in [5.74, 6) is -0.850. The molecule has 0 radical (unpaired) electrons. The molecule has 0 aliphatic carbocycles. The predicted octanol–water partition coefficient (Wildman–Crippen LogP) is 1.24. The van der Waals surface area contributed by atoms with Gasteiger partial charge in [0, 0.05) is 25.6 Å². The van der Waals surface area contributed by atoms with Crippen LogP contribution in [0.2, 0.25) is 0 Å². The summed E-state index contributed by atoms with van der Waals surface area (Å²) in [6.07, 6.45) is -0.0155. The molecule has 1 aromatic rings. The van der Waals surface area contributed by atoms with Crippen LogP contribution < -0.4 is 4.90 Å². The predicted molar refractivity (Wildman–Crippen MR) is 63.2 cm³/mol. The summed E-state index contributed by atoms with van der Waals surface area (Å²) < 4.78 is 5.01. The minimum atomic E-state index is -0.850. The second-order valence-corrected chi connectivity index (χ2v) is 4.10. The zero-order chi connectivity index (χ0) is 12.0. The molecule has 1 rings (SSSR count). The normalized spacial score (nSPS) is 10.4. The lowest BCUT2D eigenvalue weighted by atomic mass is 10.3. The number of nitrogens with zero attached hydrogens (tertiary/aromatic N) is 2. The number of carbonyl (C=O) groups is 1. The van der Waals surface area contributed by atoms with Crippen molar-refractivity contribution < 1.29 is 14.6 Å². The molecule has 1 aromatic heterocycles. The Bertz CT molecular complexity index is 341. The molecule has 0 bridgehead atoms. The van der Waals surface area contributed by atoms with Gasteiger partial charge in [-0.3, -0.25) is 4.79 Å². The van der Waals surface area contributed by atoms with Crippen LogP contribution in [-0.4, -0.2) is 42.9 Å².